The number of rotatable bonds is 5. The molecule has 1 N–H and O–H groups in total. The zero-order valence-corrected chi connectivity index (χ0v) is 16.3. The maximum atomic E-state index is 13.3. The number of hydrogen-bond acceptors (Lipinski definition) is 5. The molecule has 0 unspecified atom stereocenters. The first kappa shape index (κ1) is 18.6. The van der Waals surface area contributed by atoms with Crippen molar-refractivity contribution in [2.24, 2.45) is 5.92 Å². The third-order valence-electron chi connectivity index (χ3n) is 5.96. The number of aromatic amines is 1. The van der Waals surface area contributed by atoms with Crippen LogP contribution in [0.3, 0.4) is 0 Å². The summed E-state index contributed by atoms with van der Waals surface area (Å²) < 4.78 is 39.7. The fourth-order valence-electron chi connectivity index (χ4n) is 4.36. The van der Waals surface area contributed by atoms with Crippen LogP contribution in [0.25, 0.3) is 11.0 Å². The zero-order chi connectivity index (χ0) is 19.0. The highest BCUT2D eigenvalue weighted by Crippen LogP contribution is 2.32. The molecule has 1 aliphatic carbocycles. The predicted molar refractivity (Wildman–Crippen MR) is 103 cm³/mol. The van der Waals surface area contributed by atoms with Gasteiger partial charge in [0.05, 0.1) is 11.1 Å². The van der Waals surface area contributed by atoms with Crippen LogP contribution in [0.15, 0.2) is 18.6 Å². The van der Waals surface area contributed by atoms with Crippen molar-refractivity contribution in [1.82, 2.24) is 19.3 Å². The maximum absolute atomic E-state index is 13.3. The fourth-order valence-corrected chi connectivity index (χ4v) is 6.27. The van der Waals surface area contributed by atoms with Crippen molar-refractivity contribution < 1.29 is 12.8 Å². The number of H-pyrrole nitrogens is 1. The molecule has 9 heteroatoms. The molecule has 1 atom stereocenters. The van der Waals surface area contributed by atoms with E-state index in [0.717, 1.165) is 42.5 Å². The highest BCUT2D eigenvalue weighted by Gasteiger charge is 2.34. The van der Waals surface area contributed by atoms with E-state index in [0.29, 0.717) is 19.0 Å². The first-order chi connectivity index (χ1) is 12.9. The number of alkyl halides is 1. The largest absolute Gasteiger partial charge is 0.356 e. The molecule has 2 fully saturated rings. The Labute approximate surface area is 159 Å². The van der Waals surface area contributed by atoms with Gasteiger partial charge in [-0.25, -0.2) is 22.8 Å². The Balaban J connectivity index is 1.37. The van der Waals surface area contributed by atoms with E-state index in [1.165, 1.54) is 4.31 Å². The smallest absolute Gasteiger partial charge is 0.214 e. The van der Waals surface area contributed by atoms with Crippen LogP contribution in [-0.2, 0) is 10.0 Å². The van der Waals surface area contributed by atoms with Gasteiger partial charge in [0.1, 0.15) is 24.0 Å². The number of hydrogen-bond donors (Lipinski definition) is 1. The zero-order valence-electron chi connectivity index (χ0n) is 15.5. The minimum atomic E-state index is -3.35. The molecule has 2 aromatic heterocycles. The van der Waals surface area contributed by atoms with E-state index >= 15 is 0 Å². The second-order valence-electron chi connectivity index (χ2n) is 7.75. The molecule has 27 heavy (non-hydrogen) atoms. The van der Waals surface area contributed by atoms with Gasteiger partial charge >= 0.3 is 0 Å². The Kier molecular flexibility index (Phi) is 5.07. The lowest BCUT2D eigenvalue weighted by atomic mass is 9.86. The molecule has 7 nitrogen and oxygen atoms in total. The standard InChI is InChI=1S/C18H26FN5O2S/c1-23(18-16-6-8-20-17(16)21-12-22-18)15-4-2-13(3-5-15)11-27(25,26)24-9-7-14(19)10-24/h6,8,12-15H,2-5,7,9-11H2,1H3,(H,20,21,22)/t13?,14-,15?/m0/s1. The van der Waals surface area contributed by atoms with Gasteiger partial charge in [0, 0.05) is 32.4 Å². The average molecular weight is 396 g/mol. The monoisotopic (exact) mass is 395 g/mol. The van der Waals surface area contributed by atoms with Crippen LogP contribution in [-0.4, -0.2) is 65.8 Å². The molecule has 1 saturated carbocycles. The lowest BCUT2D eigenvalue weighted by Gasteiger charge is -2.35. The summed E-state index contributed by atoms with van der Waals surface area (Å²) in [6, 6.07) is 2.31. The molecule has 1 aliphatic heterocycles. The van der Waals surface area contributed by atoms with Gasteiger partial charge in [0.2, 0.25) is 10.0 Å². The van der Waals surface area contributed by atoms with Gasteiger partial charge in [-0.1, -0.05) is 0 Å². The molecule has 0 radical (unpaired) electrons. The second-order valence-corrected chi connectivity index (χ2v) is 9.76. The molecule has 2 aromatic rings. The molecule has 2 aliphatic rings. The number of anilines is 1. The van der Waals surface area contributed by atoms with E-state index in [4.69, 9.17) is 0 Å². The van der Waals surface area contributed by atoms with Crippen molar-refractivity contribution in [1.29, 1.82) is 0 Å². The highest BCUT2D eigenvalue weighted by molar-refractivity contribution is 7.89. The Morgan fingerprint density at radius 1 is 1.26 bits per heavy atom. The third kappa shape index (κ3) is 3.80. The summed E-state index contributed by atoms with van der Waals surface area (Å²) in [6.07, 6.45) is 6.32. The molecule has 1 saturated heterocycles. The molecule has 0 aromatic carbocycles. The van der Waals surface area contributed by atoms with Crippen LogP contribution in [0.5, 0.6) is 0 Å². The van der Waals surface area contributed by atoms with Gasteiger partial charge in [-0.2, -0.15) is 4.31 Å². The van der Waals surface area contributed by atoms with Crippen molar-refractivity contribution in [2.75, 3.05) is 30.8 Å². The lowest BCUT2D eigenvalue weighted by molar-refractivity contribution is 0.328. The summed E-state index contributed by atoms with van der Waals surface area (Å²) in [6.45, 7) is 0.350. The SMILES string of the molecule is CN(c1ncnc2[nH]ccc12)C1CCC(CS(=O)(=O)N2CC[C@H](F)C2)CC1. The van der Waals surface area contributed by atoms with E-state index < -0.39 is 16.2 Å². The Hall–Kier alpha value is -1.74. The van der Waals surface area contributed by atoms with Crippen molar-refractivity contribution >= 4 is 26.9 Å². The van der Waals surface area contributed by atoms with E-state index in [1.807, 2.05) is 19.3 Å². The van der Waals surface area contributed by atoms with E-state index in [9.17, 15) is 12.8 Å². The fraction of sp³-hybridized carbons (Fsp3) is 0.667. The summed E-state index contributed by atoms with van der Waals surface area (Å²) in [4.78, 5) is 14.0. The van der Waals surface area contributed by atoms with Crippen LogP contribution >= 0.6 is 0 Å². The summed E-state index contributed by atoms with van der Waals surface area (Å²) in [5.41, 5.74) is 0.823. The molecule has 0 amide bonds. The summed E-state index contributed by atoms with van der Waals surface area (Å²) >= 11 is 0. The molecule has 3 heterocycles. The van der Waals surface area contributed by atoms with Gasteiger partial charge in [0.25, 0.3) is 0 Å². The number of nitrogens with zero attached hydrogens (tertiary/aromatic N) is 4. The van der Waals surface area contributed by atoms with Crippen molar-refractivity contribution in [3.63, 3.8) is 0 Å². The van der Waals surface area contributed by atoms with Crippen LogP contribution in [0.1, 0.15) is 32.1 Å². The van der Waals surface area contributed by atoms with E-state index in [2.05, 4.69) is 19.9 Å². The first-order valence-corrected chi connectivity index (χ1v) is 11.2. The minimum absolute atomic E-state index is 0.0286. The molecular formula is C18H26FN5O2S. The van der Waals surface area contributed by atoms with Crippen molar-refractivity contribution in [2.45, 2.75) is 44.3 Å². The molecule has 0 spiro atoms. The Bertz CT molecular complexity index is 894. The van der Waals surface area contributed by atoms with Gasteiger partial charge in [0.15, 0.2) is 0 Å². The van der Waals surface area contributed by atoms with Crippen LogP contribution in [0.4, 0.5) is 10.2 Å². The van der Waals surface area contributed by atoms with Crippen LogP contribution in [0, 0.1) is 5.92 Å². The number of nitrogens with one attached hydrogen (secondary N) is 1. The minimum Gasteiger partial charge on any atom is -0.356 e. The van der Waals surface area contributed by atoms with Crippen LogP contribution in [0.2, 0.25) is 0 Å². The van der Waals surface area contributed by atoms with Crippen LogP contribution < -0.4 is 4.90 Å². The number of sulfonamides is 1. The summed E-state index contributed by atoms with van der Waals surface area (Å²) in [5.74, 6) is 1.20. The average Bonchev–Trinajstić information content (AvgIpc) is 3.30. The van der Waals surface area contributed by atoms with Gasteiger partial charge < -0.3 is 9.88 Å². The maximum Gasteiger partial charge on any atom is 0.214 e. The van der Waals surface area contributed by atoms with E-state index in [-0.39, 0.29) is 18.2 Å². The number of aromatic nitrogens is 3. The Morgan fingerprint density at radius 3 is 2.74 bits per heavy atom. The Morgan fingerprint density at radius 2 is 2.04 bits per heavy atom. The van der Waals surface area contributed by atoms with Gasteiger partial charge in [-0.05, 0) is 44.1 Å². The molecule has 0 bridgehead atoms. The highest BCUT2D eigenvalue weighted by atomic mass is 32.2. The summed E-state index contributed by atoms with van der Waals surface area (Å²) in [5, 5.41) is 1.000. The van der Waals surface area contributed by atoms with E-state index in [1.54, 1.807) is 6.33 Å². The lowest BCUT2D eigenvalue weighted by Crippen LogP contribution is -2.39. The number of halogens is 1. The molecule has 4 rings (SSSR count). The van der Waals surface area contributed by atoms with Crippen molar-refractivity contribution in [3.8, 4) is 0 Å². The third-order valence-corrected chi connectivity index (χ3v) is 7.98. The predicted octanol–water partition coefficient (Wildman–Crippen LogP) is 2.33. The molecule has 148 valence electrons. The first-order valence-electron chi connectivity index (χ1n) is 9.57. The van der Waals surface area contributed by atoms with Gasteiger partial charge in [-0.15, -0.1) is 0 Å². The topological polar surface area (TPSA) is 82.2 Å². The van der Waals surface area contributed by atoms with Gasteiger partial charge in [-0.3, -0.25) is 0 Å². The normalized spacial score (nSPS) is 27.3. The van der Waals surface area contributed by atoms with Crippen molar-refractivity contribution in [3.05, 3.63) is 18.6 Å². The second kappa shape index (κ2) is 7.35. The summed E-state index contributed by atoms with van der Waals surface area (Å²) in [7, 11) is -1.30. The number of fused-ring (bicyclic) bond motifs is 1. The molecular weight excluding hydrogens is 369 g/mol. The quantitative estimate of drug-likeness (QED) is 0.840.